The molecule has 0 aliphatic heterocycles. The molecule has 0 spiro atoms. The van der Waals surface area contributed by atoms with Crippen molar-refractivity contribution in [2.24, 2.45) is 5.73 Å². The maximum absolute atomic E-state index is 12.5. The van der Waals surface area contributed by atoms with E-state index in [-0.39, 0.29) is 15.5 Å². The summed E-state index contributed by atoms with van der Waals surface area (Å²) in [5, 5.41) is 9.46. The molecule has 0 radical (unpaired) electrons. The molecule has 8 heteroatoms. The molecular weight excluding hydrogens is 326 g/mol. The third-order valence-electron chi connectivity index (χ3n) is 3.72. The van der Waals surface area contributed by atoms with Crippen LogP contribution in [0.3, 0.4) is 0 Å². The first-order chi connectivity index (χ1) is 10.3. The molecule has 118 valence electrons. The second-order valence-electron chi connectivity index (χ2n) is 5.40. The van der Waals surface area contributed by atoms with Gasteiger partial charge in [0.25, 0.3) is 0 Å². The van der Waals surface area contributed by atoms with Crippen molar-refractivity contribution in [1.82, 2.24) is 4.72 Å². The molecule has 1 aliphatic rings. The van der Waals surface area contributed by atoms with Gasteiger partial charge in [-0.3, -0.25) is 4.79 Å². The van der Waals surface area contributed by atoms with Crippen LogP contribution >= 0.6 is 11.6 Å². The summed E-state index contributed by atoms with van der Waals surface area (Å²) in [5.41, 5.74) is 4.06. The fraction of sp³-hybridized carbons (Fsp3) is 0.429. The van der Waals surface area contributed by atoms with Gasteiger partial charge in [-0.15, -0.1) is 0 Å². The van der Waals surface area contributed by atoms with Crippen LogP contribution in [0.4, 0.5) is 0 Å². The van der Waals surface area contributed by atoms with Gasteiger partial charge in [-0.2, -0.15) is 9.98 Å². The number of hydrogen-bond acceptors (Lipinski definition) is 4. The first kappa shape index (κ1) is 16.7. The van der Waals surface area contributed by atoms with E-state index >= 15 is 0 Å². The number of nitrogens with zero attached hydrogens (tertiary/aromatic N) is 1. The molecule has 1 fully saturated rings. The van der Waals surface area contributed by atoms with Crippen molar-refractivity contribution in [3.8, 4) is 6.07 Å². The minimum Gasteiger partial charge on any atom is -0.366 e. The van der Waals surface area contributed by atoms with Crippen molar-refractivity contribution in [3.63, 3.8) is 0 Å². The summed E-state index contributed by atoms with van der Waals surface area (Å²) in [6.07, 6.45) is 3.49. The SMILES string of the molecule is N#CC1(NS(=O)(=O)c2cc(Cl)cc(C(N)=O)c2)CCCCC1. The Balaban J connectivity index is 2.38. The number of sulfonamides is 1. The van der Waals surface area contributed by atoms with Crippen molar-refractivity contribution < 1.29 is 13.2 Å². The summed E-state index contributed by atoms with van der Waals surface area (Å²) in [5.74, 6) is -0.772. The number of hydrogen-bond donors (Lipinski definition) is 2. The van der Waals surface area contributed by atoms with Crippen LogP contribution in [0.1, 0.15) is 42.5 Å². The highest BCUT2D eigenvalue weighted by atomic mass is 35.5. The second-order valence-corrected chi connectivity index (χ2v) is 7.52. The van der Waals surface area contributed by atoms with E-state index in [1.165, 1.54) is 12.1 Å². The Morgan fingerprint density at radius 1 is 1.27 bits per heavy atom. The van der Waals surface area contributed by atoms with Gasteiger partial charge in [0, 0.05) is 10.6 Å². The molecule has 1 aromatic carbocycles. The second kappa shape index (κ2) is 6.24. The van der Waals surface area contributed by atoms with Crippen LogP contribution in [-0.2, 0) is 10.0 Å². The molecule has 1 aromatic rings. The average molecular weight is 342 g/mol. The molecule has 1 amide bonds. The smallest absolute Gasteiger partial charge is 0.248 e. The number of halogens is 1. The Morgan fingerprint density at radius 3 is 2.45 bits per heavy atom. The predicted octanol–water partition coefficient (Wildman–Crippen LogP) is 1.94. The van der Waals surface area contributed by atoms with E-state index in [0.29, 0.717) is 12.8 Å². The first-order valence-electron chi connectivity index (χ1n) is 6.84. The van der Waals surface area contributed by atoms with Gasteiger partial charge in [0.1, 0.15) is 5.54 Å². The van der Waals surface area contributed by atoms with Gasteiger partial charge < -0.3 is 5.73 Å². The summed E-state index contributed by atoms with van der Waals surface area (Å²) < 4.78 is 27.5. The lowest BCUT2D eigenvalue weighted by Crippen LogP contribution is -2.48. The van der Waals surface area contributed by atoms with Gasteiger partial charge >= 0.3 is 0 Å². The van der Waals surface area contributed by atoms with Crippen LogP contribution < -0.4 is 10.5 Å². The van der Waals surface area contributed by atoms with Gasteiger partial charge in [0.2, 0.25) is 15.9 Å². The summed E-state index contributed by atoms with van der Waals surface area (Å²) in [6.45, 7) is 0. The third-order valence-corrected chi connectivity index (χ3v) is 5.45. The monoisotopic (exact) mass is 341 g/mol. The molecule has 0 heterocycles. The Bertz CT molecular complexity index is 734. The van der Waals surface area contributed by atoms with E-state index < -0.39 is 21.5 Å². The van der Waals surface area contributed by atoms with Crippen LogP contribution in [0, 0.1) is 11.3 Å². The summed E-state index contributed by atoms with van der Waals surface area (Å²) in [7, 11) is -3.97. The zero-order chi connectivity index (χ0) is 16.4. The molecule has 0 bridgehead atoms. The molecular formula is C14H16ClN3O3S. The van der Waals surface area contributed by atoms with E-state index in [1.807, 2.05) is 0 Å². The van der Waals surface area contributed by atoms with Gasteiger partial charge in [-0.05, 0) is 31.0 Å². The highest BCUT2D eigenvalue weighted by Crippen LogP contribution is 2.30. The summed E-state index contributed by atoms with van der Waals surface area (Å²) in [4.78, 5) is 11.1. The molecule has 0 saturated heterocycles. The molecule has 0 atom stereocenters. The Kier molecular flexibility index (Phi) is 4.75. The molecule has 2 rings (SSSR count). The zero-order valence-electron chi connectivity index (χ0n) is 11.8. The van der Waals surface area contributed by atoms with Crippen LogP contribution in [0.2, 0.25) is 5.02 Å². The van der Waals surface area contributed by atoms with E-state index in [0.717, 1.165) is 25.3 Å². The molecule has 1 aliphatic carbocycles. The number of nitrogens with one attached hydrogen (secondary N) is 1. The van der Waals surface area contributed by atoms with Gasteiger partial charge in [0.15, 0.2) is 0 Å². The number of benzene rings is 1. The Morgan fingerprint density at radius 2 is 1.91 bits per heavy atom. The average Bonchev–Trinajstić information content (AvgIpc) is 2.47. The number of rotatable bonds is 4. The van der Waals surface area contributed by atoms with Crippen LogP contribution in [0.15, 0.2) is 23.1 Å². The normalized spacial score (nSPS) is 17.6. The number of carbonyl (C=O) groups is 1. The summed E-state index contributed by atoms with van der Waals surface area (Å²) in [6, 6.07) is 5.76. The lowest BCUT2D eigenvalue weighted by molar-refractivity contribution is 0.1000. The topological polar surface area (TPSA) is 113 Å². The summed E-state index contributed by atoms with van der Waals surface area (Å²) >= 11 is 5.85. The largest absolute Gasteiger partial charge is 0.366 e. The zero-order valence-corrected chi connectivity index (χ0v) is 13.4. The third kappa shape index (κ3) is 3.58. The number of nitriles is 1. The van der Waals surface area contributed by atoms with Crippen molar-refractivity contribution in [1.29, 1.82) is 5.26 Å². The lowest BCUT2D eigenvalue weighted by Gasteiger charge is -2.31. The molecule has 22 heavy (non-hydrogen) atoms. The highest BCUT2D eigenvalue weighted by molar-refractivity contribution is 7.89. The predicted molar refractivity (Wildman–Crippen MR) is 81.7 cm³/mol. The Hall–Kier alpha value is -1.62. The minimum atomic E-state index is -3.97. The highest BCUT2D eigenvalue weighted by Gasteiger charge is 2.36. The van der Waals surface area contributed by atoms with Gasteiger partial charge in [-0.25, -0.2) is 8.42 Å². The van der Waals surface area contributed by atoms with Crippen molar-refractivity contribution >= 4 is 27.5 Å². The first-order valence-corrected chi connectivity index (χ1v) is 8.70. The van der Waals surface area contributed by atoms with Crippen LogP contribution in [0.5, 0.6) is 0 Å². The van der Waals surface area contributed by atoms with E-state index in [2.05, 4.69) is 10.8 Å². The number of amides is 1. The van der Waals surface area contributed by atoms with Crippen LogP contribution in [-0.4, -0.2) is 19.9 Å². The fourth-order valence-electron chi connectivity index (χ4n) is 2.57. The van der Waals surface area contributed by atoms with Gasteiger partial charge in [-0.1, -0.05) is 30.9 Å². The number of carbonyl (C=O) groups excluding carboxylic acids is 1. The van der Waals surface area contributed by atoms with E-state index in [9.17, 15) is 18.5 Å². The maximum Gasteiger partial charge on any atom is 0.248 e. The standard InChI is InChI=1S/C14H16ClN3O3S/c15-11-6-10(13(17)19)7-12(8-11)22(20,21)18-14(9-16)4-2-1-3-5-14/h6-8,18H,1-5H2,(H2,17,19). The van der Waals surface area contributed by atoms with Gasteiger partial charge in [0.05, 0.1) is 11.0 Å². The lowest BCUT2D eigenvalue weighted by atomic mass is 9.84. The van der Waals surface area contributed by atoms with E-state index in [4.69, 9.17) is 17.3 Å². The van der Waals surface area contributed by atoms with Crippen LogP contribution in [0.25, 0.3) is 0 Å². The van der Waals surface area contributed by atoms with Crippen molar-refractivity contribution in [2.45, 2.75) is 42.5 Å². The Labute approximate surface area is 134 Å². The molecule has 0 aromatic heterocycles. The van der Waals surface area contributed by atoms with Crippen molar-refractivity contribution in [3.05, 3.63) is 28.8 Å². The molecule has 0 unspecified atom stereocenters. The van der Waals surface area contributed by atoms with E-state index in [1.54, 1.807) is 0 Å². The molecule has 3 N–H and O–H groups in total. The maximum atomic E-state index is 12.5. The number of nitrogens with two attached hydrogens (primary N) is 1. The van der Waals surface area contributed by atoms with Crippen molar-refractivity contribution in [2.75, 3.05) is 0 Å². The molecule has 6 nitrogen and oxygen atoms in total. The quantitative estimate of drug-likeness (QED) is 0.871. The fourth-order valence-corrected chi connectivity index (χ4v) is 4.31. The molecule has 1 saturated carbocycles. The minimum absolute atomic E-state index is 0.00234. The number of primary amides is 1.